The fourth-order valence-corrected chi connectivity index (χ4v) is 4.03. The molecule has 0 aromatic carbocycles. The van der Waals surface area contributed by atoms with Gasteiger partial charge in [-0.3, -0.25) is 4.79 Å². The second-order valence-corrected chi connectivity index (χ2v) is 8.84. The molecule has 0 aromatic heterocycles. The monoisotopic (exact) mass is 412 g/mol. The van der Waals surface area contributed by atoms with Crippen LogP contribution in [0.5, 0.6) is 0 Å². The molecule has 0 fully saturated rings. The van der Waals surface area contributed by atoms with Crippen molar-refractivity contribution in [2.45, 2.75) is 148 Å². The maximum absolute atomic E-state index is 12.3. The third-order valence-electron chi connectivity index (χ3n) is 6.29. The summed E-state index contributed by atoms with van der Waals surface area (Å²) in [5.41, 5.74) is -0.335. The second-order valence-electron chi connectivity index (χ2n) is 8.84. The molecule has 0 radical (unpaired) electrons. The zero-order valence-electron chi connectivity index (χ0n) is 20.4. The fourth-order valence-electron chi connectivity index (χ4n) is 4.03. The van der Waals surface area contributed by atoms with Crippen LogP contribution < -0.4 is 0 Å². The average Bonchev–Trinajstić information content (AvgIpc) is 2.73. The molecule has 0 saturated heterocycles. The van der Waals surface area contributed by atoms with E-state index in [9.17, 15) is 4.79 Å². The summed E-state index contributed by atoms with van der Waals surface area (Å²) in [6.07, 6.45) is 22.8. The molecule has 174 valence electrons. The Balaban J connectivity index is 3.85. The normalized spacial score (nSPS) is 13.4. The van der Waals surface area contributed by atoms with Gasteiger partial charge in [-0.15, -0.1) is 0 Å². The first-order chi connectivity index (χ1) is 14.1. The number of hydrogen-bond donors (Lipinski definition) is 0. The van der Waals surface area contributed by atoms with Crippen molar-refractivity contribution >= 4 is 5.97 Å². The van der Waals surface area contributed by atoms with Crippen LogP contribution in [-0.2, 0) is 14.3 Å². The van der Waals surface area contributed by atoms with Crippen LogP contribution in [0.4, 0.5) is 0 Å². The quantitative estimate of drug-likeness (QED) is 0.132. The average molecular weight is 413 g/mol. The van der Waals surface area contributed by atoms with Crippen molar-refractivity contribution in [1.82, 2.24) is 0 Å². The van der Waals surface area contributed by atoms with E-state index < -0.39 is 0 Å². The summed E-state index contributed by atoms with van der Waals surface area (Å²) in [7, 11) is 1.75. The molecule has 3 nitrogen and oxygen atoms in total. The van der Waals surface area contributed by atoms with Gasteiger partial charge in [-0.1, -0.05) is 117 Å². The zero-order valence-corrected chi connectivity index (χ0v) is 20.4. The molecular weight excluding hydrogens is 360 g/mol. The van der Waals surface area contributed by atoms with Crippen molar-refractivity contribution in [1.29, 1.82) is 0 Å². The highest BCUT2D eigenvalue weighted by atomic mass is 16.5. The Bertz CT molecular complexity index is 350. The standard InChI is InChI=1S/C26H52O3/c1-5-8-10-12-14-16-18-20-22-26(7-3,28-4)24-25(27)29-23-21-19-17-15-13-11-9-6-2/h5-24H2,1-4H3. The minimum atomic E-state index is -0.335. The topological polar surface area (TPSA) is 35.5 Å². The van der Waals surface area contributed by atoms with Crippen LogP contribution >= 0.6 is 0 Å². The van der Waals surface area contributed by atoms with E-state index >= 15 is 0 Å². The Morgan fingerprint density at radius 3 is 1.55 bits per heavy atom. The summed E-state index contributed by atoms with van der Waals surface area (Å²) in [6.45, 7) is 7.20. The molecule has 1 unspecified atom stereocenters. The summed E-state index contributed by atoms with van der Waals surface area (Å²) < 4.78 is 11.3. The first-order valence-electron chi connectivity index (χ1n) is 12.8. The van der Waals surface area contributed by atoms with E-state index in [1.807, 2.05) is 0 Å². The number of ether oxygens (including phenoxy) is 2. The first kappa shape index (κ1) is 28.4. The van der Waals surface area contributed by atoms with Gasteiger partial charge in [0.15, 0.2) is 0 Å². The van der Waals surface area contributed by atoms with Gasteiger partial charge in [0.25, 0.3) is 0 Å². The van der Waals surface area contributed by atoms with Crippen molar-refractivity contribution in [3.8, 4) is 0 Å². The molecule has 3 heteroatoms. The number of esters is 1. The van der Waals surface area contributed by atoms with Crippen molar-refractivity contribution in [2.75, 3.05) is 13.7 Å². The zero-order chi connectivity index (χ0) is 21.6. The minimum absolute atomic E-state index is 0.0868. The Morgan fingerprint density at radius 1 is 0.655 bits per heavy atom. The fraction of sp³-hybridized carbons (Fsp3) is 0.962. The van der Waals surface area contributed by atoms with E-state index in [-0.39, 0.29) is 11.6 Å². The molecular formula is C26H52O3. The molecule has 0 aliphatic carbocycles. The van der Waals surface area contributed by atoms with Crippen LogP contribution in [0.25, 0.3) is 0 Å². The number of unbranched alkanes of at least 4 members (excludes halogenated alkanes) is 14. The maximum Gasteiger partial charge on any atom is 0.308 e. The summed E-state index contributed by atoms with van der Waals surface area (Å²) in [5, 5.41) is 0. The Morgan fingerprint density at radius 2 is 1.10 bits per heavy atom. The molecule has 0 saturated carbocycles. The summed E-state index contributed by atoms with van der Waals surface area (Å²) in [6, 6.07) is 0. The lowest BCUT2D eigenvalue weighted by molar-refractivity contribution is -0.151. The first-order valence-corrected chi connectivity index (χ1v) is 12.8. The van der Waals surface area contributed by atoms with Crippen LogP contribution in [0.1, 0.15) is 143 Å². The third-order valence-corrected chi connectivity index (χ3v) is 6.29. The van der Waals surface area contributed by atoms with Crippen LogP contribution in [0.15, 0.2) is 0 Å². The molecule has 0 N–H and O–H groups in total. The maximum atomic E-state index is 12.3. The molecule has 0 spiro atoms. The van der Waals surface area contributed by atoms with Crippen LogP contribution in [0.2, 0.25) is 0 Å². The van der Waals surface area contributed by atoms with Gasteiger partial charge >= 0.3 is 5.97 Å². The highest BCUT2D eigenvalue weighted by molar-refractivity contribution is 5.70. The molecule has 0 aliphatic heterocycles. The Labute approximate surface area is 182 Å². The largest absolute Gasteiger partial charge is 0.466 e. The van der Waals surface area contributed by atoms with E-state index in [1.165, 1.54) is 89.9 Å². The highest BCUT2D eigenvalue weighted by Gasteiger charge is 2.31. The van der Waals surface area contributed by atoms with E-state index in [0.717, 1.165) is 25.7 Å². The summed E-state index contributed by atoms with van der Waals surface area (Å²) in [4.78, 5) is 12.3. The van der Waals surface area contributed by atoms with E-state index in [2.05, 4.69) is 20.8 Å². The van der Waals surface area contributed by atoms with E-state index in [1.54, 1.807) is 7.11 Å². The number of carbonyl (C=O) groups is 1. The summed E-state index contributed by atoms with van der Waals surface area (Å²) >= 11 is 0. The van der Waals surface area contributed by atoms with Crippen LogP contribution in [0.3, 0.4) is 0 Å². The van der Waals surface area contributed by atoms with Crippen molar-refractivity contribution in [2.24, 2.45) is 0 Å². The Kier molecular flexibility index (Phi) is 20.3. The Hall–Kier alpha value is -0.570. The summed E-state index contributed by atoms with van der Waals surface area (Å²) in [5.74, 6) is -0.0868. The smallest absolute Gasteiger partial charge is 0.308 e. The van der Waals surface area contributed by atoms with Gasteiger partial charge in [0.2, 0.25) is 0 Å². The molecule has 29 heavy (non-hydrogen) atoms. The van der Waals surface area contributed by atoms with E-state index in [4.69, 9.17) is 9.47 Å². The van der Waals surface area contributed by atoms with Gasteiger partial charge in [0.1, 0.15) is 0 Å². The minimum Gasteiger partial charge on any atom is -0.466 e. The lowest BCUT2D eigenvalue weighted by Crippen LogP contribution is -2.34. The second kappa shape index (κ2) is 20.7. The van der Waals surface area contributed by atoms with Gasteiger partial charge in [-0.25, -0.2) is 0 Å². The lowest BCUT2D eigenvalue weighted by Gasteiger charge is -2.30. The van der Waals surface area contributed by atoms with Crippen molar-refractivity contribution in [3.05, 3.63) is 0 Å². The van der Waals surface area contributed by atoms with Gasteiger partial charge in [0.05, 0.1) is 18.6 Å². The van der Waals surface area contributed by atoms with Crippen molar-refractivity contribution < 1.29 is 14.3 Å². The molecule has 0 amide bonds. The van der Waals surface area contributed by atoms with E-state index in [0.29, 0.717) is 13.0 Å². The predicted octanol–water partition coefficient (Wildman–Crippen LogP) is 8.39. The van der Waals surface area contributed by atoms with Gasteiger partial charge in [0, 0.05) is 7.11 Å². The predicted molar refractivity (Wildman–Crippen MR) is 125 cm³/mol. The number of carbonyl (C=O) groups excluding carboxylic acids is 1. The van der Waals surface area contributed by atoms with Gasteiger partial charge < -0.3 is 9.47 Å². The van der Waals surface area contributed by atoms with Gasteiger partial charge in [-0.05, 0) is 19.3 Å². The molecule has 0 bridgehead atoms. The number of hydrogen-bond acceptors (Lipinski definition) is 3. The molecule has 0 aromatic rings. The molecule has 1 atom stereocenters. The molecule has 0 aliphatic rings. The number of methoxy groups -OCH3 is 1. The van der Waals surface area contributed by atoms with Crippen LogP contribution in [-0.4, -0.2) is 25.3 Å². The molecule has 0 rings (SSSR count). The number of rotatable bonds is 22. The molecule has 0 heterocycles. The van der Waals surface area contributed by atoms with Gasteiger partial charge in [-0.2, -0.15) is 0 Å². The van der Waals surface area contributed by atoms with Crippen molar-refractivity contribution in [3.63, 3.8) is 0 Å². The highest BCUT2D eigenvalue weighted by Crippen LogP contribution is 2.28. The van der Waals surface area contributed by atoms with Crippen LogP contribution in [0, 0.1) is 0 Å². The SMILES string of the molecule is CCCCCCCCCCOC(=O)CC(CC)(CCCCCCCCCC)OC. The lowest BCUT2D eigenvalue weighted by atomic mass is 9.89. The third kappa shape index (κ3) is 16.9.